The molecule has 0 saturated carbocycles. The van der Waals surface area contributed by atoms with Crippen molar-refractivity contribution in [2.24, 2.45) is 5.92 Å². The van der Waals surface area contributed by atoms with Crippen LogP contribution in [0.1, 0.15) is 37.8 Å². The summed E-state index contributed by atoms with van der Waals surface area (Å²) in [5.41, 5.74) is 2.20. The van der Waals surface area contributed by atoms with Crippen molar-refractivity contribution in [1.82, 2.24) is 0 Å². The van der Waals surface area contributed by atoms with Crippen LogP contribution in [0, 0.1) is 24.7 Å². The summed E-state index contributed by atoms with van der Waals surface area (Å²) in [6.07, 6.45) is 1.87. The Morgan fingerprint density at radius 2 is 2.17 bits per heavy atom. The van der Waals surface area contributed by atoms with Crippen molar-refractivity contribution in [2.45, 2.75) is 33.6 Å². The van der Waals surface area contributed by atoms with E-state index in [1.165, 1.54) is 0 Å². The van der Waals surface area contributed by atoms with Crippen molar-refractivity contribution in [3.8, 4) is 17.6 Å². The highest BCUT2D eigenvalue weighted by molar-refractivity contribution is 6.18. The van der Waals surface area contributed by atoms with E-state index in [-0.39, 0.29) is 0 Å². The van der Waals surface area contributed by atoms with E-state index in [2.05, 4.69) is 32.6 Å². The quantitative estimate of drug-likeness (QED) is 0.566. The lowest BCUT2D eigenvalue weighted by molar-refractivity contribution is 0.256. The number of hydrogen-bond acceptors (Lipinski definition) is 1. The Bertz CT molecular complexity index is 428. The van der Waals surface area contributed by atoms with Crippen LogP contribution >= 0.6 is 11.6 Å². The summed E-state index contributed by atoms with van der Waals surface area (Å²) < 4.78 is 5.75. The number of alkyl halides is 1. The molecule has 0 aliphatic rings. The van der Waals surface area contributed by atoms with Crippen molar-refractivity contribution in [3.05, 3.63) is 29.3 Å². The molecule has 0 heterocycles. The molecule has 0 bridgehead atoms. The van der Waals surface area contributed by atoms with E-state index in [0.717, 1.165) is 36.3 Å². The Hall–Kier alpha value is -1.13. The Kier molecular flexibility index (Phi) is 6.68. The summed E-state index contributed by atoms with van der Waals surface area (Å²) >= 11 is 5.59. The van der Waals surface area contributed by atoms with Crippen molar-refractivity contribution in [1.29, 1.82) is 0 Å². The maximum atomic E-state index is 5.75. The van der Waals surface area contributed by atoms with Crippen LogP contribution in [0.15, 0.2) is 18.2 Å². The van der Waals surface area contributed by atoms with Crippen LogP contribution in [-0.4, -0.2) is 12.5 Å². The Labute approximate surface area is 115 Å². The van der Waals surface area contributed by atoms with Crippen LogP contribution in [0.4, 0.5) is 0 Å². The highest BCUT2D eigenvalue weighted by Crippen LogP contribution is 2.17. The molecule has 1 nitrogen and oxygen atoms in total. The van der Waals surface area contributed by atoms with Gasteiger partial charge >= 0.3 is 0 Å². The van der Waals surface area contributed by atoms with Crippen molar-refractivity contribution >= 4 is 11.6 Å². The first-order chi connectivity index (χ1) is 8.67. The zero-order chi connectivity index (χ0) is 13.4. The minimum Gasteiger partial charge on any atom is -0.493 e. The first-order valence-electron chi connectivity index (χ1n) is 6.45. The number of rotatable bonds is 5. The van der Waals surface area contributed by atoms with Gasteiger partial charge in [-0.25, -0.2) is 0 Å². The average Bonchev–Trinajstić information content (AvgIpc) is 2.38. The van der Waals surface area contributed by atoms with Crippen molar-refractivity contribution in [2.75, 3.05) is 12.5 Å². The Balaban J connectivity index is 2.65. The van der Waals surface area contributed by atoms with E-state index in [4.69, 9.17) is 16.3 Å². The van der Waals surface area contributed by atoms with Crippen LogP contribution in [0.2, 0.25) is 0 Å². The fraction of sp³-hybridized carbons (Fsp3) is 0.500. The normalized spacial score (nSPS) is 11.6. The van der Waals surface area contributed by atoms with Gasteiger partial charge in [-0.05, 0) is 36.6 Å². The largest absolute Gasteiger partial charge is 0.493 e. The smallest absolute Gasteiger partial charge is 0.119 e. The molecule has 0 aromatic heterocycles. The SMILES string of the molecule is CCC(C)COc1ccc(C#CCCCl)c(C)c1. The van der Waals surface area contributed by atoms with Crippen LogP contribution < -0.4 is 4.74 Å². The molecule has 2 heteroatoms. The molecule has 1 atom stereocenters. The van der Waals surface area contributed by atoms with E-state index >= 15 is 0 Å². The van der Waals surface area contributed by atoms with E-state index in [1.54, 1.807) is 0 Å². The first-order valence-corrected chi connectivity index (χ1v) is 6.99. The van der Waals surface area contributed by atoms with Crippen molar-refractivity contribution < 1.29 is 4.74 Å². The predicted octanol–water partition coefficient (Wildman–Crippen LogP) is 4.40. The number of hydrogen-bond donors (Lipinski definition) is 0. The number of benzene rings is 1. The minimum absolute atomic E-state index is 0.585. The number of aryl methyl sites for hydroxylation is 1. The third kappa shape index (κ3) is 5.02. The third-order valence-corrected chi connectivity index (χ3v) is 3.06. The van der Waals surface area contributed by atoms with Gasteiger partial charge < -0.3 is 4.74 Å². The third-order valence-electron chi connectivity index (χ3n) is 2.87. The van der Waals surface area contributed by atoms with Crippen LogP contribution in [-0.2, 0) is 0 Å². The Morgan fingerprint density at radius 3 is 2.78 bits per heavy atom. The van der Waals surface area contributed by atoms with E-state index in [9.17, 15) is 0 Å². The summed E-state index contributed by atoms with van der Waals surface area (Å²) in [7, 11) is 0. The maximum absolute atomic E-state index is 5.75. The second kappa shape index (κ2) is 8.06. The van der Waals surface area contributed by atoms with Gasteiger partial charge in [0.1, 0.15) is 5.75 Å². The van der Waals surface area contributed by atoms with Crippen LogP contribution in [0.3, 0.4) is 0 Å². The minimum atomic E-state index is 0.585. The average molecular weight is 265 g/mol. The molecule has 0 saturated heterocycles. The van der Waals surface area contributed by atoms with Gasteiger partial charge in [0.15, 0.2) is 0 Å². The number of halogens is 1. The molecule has 18 heavy (non-hydrogen) atoms. The summed E-state index contributed by atoms with van der Waals surface area (Å²) in [5, 5.41) is 0. The van der Waals surface area contributed by atoms with Crippen molar-refractivity contribution in [3.63, 3.8) is 0 Å². The topological polar surface area (TPSA) is 9.23 Å². The molecule has 1 aromatic carbocycles. The standard InChI is InChI=1S/C16H21ClO/c1-4-13(2)12-18-16-9-8-15(14(3)11-16)7-5-6-10-17/h8-9,11,13H,4,6,10,12H2,1-3H3. The van der Waals surface area contributed by atoms with Gasteiger partial charge in [-0.15, -0.1) is 11.6 Å². The summed E-state index contributed by atoms with van der Waals surface area (Å²) in [6.45, 7) is 7.20. The van der Waals surface area contributed by atoms with Crippen LogP contribution in [0.25, 0.3) is 0 Å². The molecule has 1 unspecified atom stereocenters. The van der Waals surface area contributed by atoms with Gasteiger partial charge in [0, 0.05) is 17.9 Å². The summed E-state index contributed by atoms with van der Waals surface area (Å²) in [4.78, 5) is 0. The van der Waals surface area contributed by atoms with Gasteiger partial charge in [-0.3, -0.25) is 0 Å². The van der Waals surface area contributed by atoms with E-state index in [0.29, 0.717) is 11.8 Å². The first kappa shape index (κ1) is 14.9. The monoisotopic (exact) mass is 264 g/mol. The second-order valence-corrected chi connectivity index (χ2v) is 4.92. The fourth-order valence-electron chi connectivity index (χ4n) is 1.43. The summed E-state index contributed by atoms with van der Waals surface area (Å²) in [6, 6.07) is 6.05. The van der Waals surface area contributed by atoms with Gasteiger partial charge in [-0.2, -0.15) is 0 Å². The lowest BCUT2D eigenvalue weighted by Crippen LogP contribution is -2.07. The molecule has 1 aromatic rings. The zero-order valence-electron chi connectivity index (χ0n) is 11.4. The van der Waals surface area contributed by atoms with E-state index < -0.39 is 0 Å². The molecule has 98 valence electrons. The molecular formula is C16H21ClO. The molecule has 1 rings (SSSR count). The molecule has 0 aliphatic carbocycles. The molecule has 0 radical (unpaired) electrons. The van der Waals surface area contributed by atoms with Gasteiger partial charge in [-0.1, -0.05) is 32.1 Å². The molecule has 0 fully saturated rings. The molecule has 0 amide bonds. The molecule has 0 spiro atoms. The second-order valence-electron chi connectivity index (χ2n) is 4.54. The summed E-state index contributed by atoms with van der Waals surface area (Å²) in [5.74, 6) is 8.28. The fourth-order valence-corrected chi connectivity index (χ4v) is 1.52. The molecule has 0 aliphatic heterocycles. The highest BCUT2D eigenvalue weighted by atomic mass is 35.5. The Morgan fingerprint density at radius 1 is 1.39 bits per heavy atom. The van der Waals surface area contributed by atoms with E-state index in [1.807, 2.05) is 18.2 Å². The maximum Gasteiger partial charge on any atom is 0.119 e. The molecule has 0 N–H and O–H groups in total. The lowest BCUT2D eigenvalue weighted by Gasteiger charge is -2.11. The highest BCUT2D eigenvalue weighted by Gasteiger charge is 2.02. The lowest BCUT2D eigenvalue weighted by atomic mass is 10.1. The zero-order valence-corrected chi connectivity index (χ0v) is 12.2. The van der Waals surface area contributed by atoms with Gasteiger partial charge in [0.25, 0.3) is 0 Å². The number of ether oxygens (including phenoxy) is 1. The van der Waals surface area contributed by atoms with Crippen LogP contribution in [0.5, 0.6) is 5.75 Å². The van der Waals surface area contributed by atoms with Gasteiger partial charge in [0.05, 0.1) is 6.61 Å². The van der Waals surface area contributed by atoms with Gasteiger partial charge in [0.2, 0.25) is 0 Å². The predicted molar refractivity (Wildman–Crippen MR) is 78.3 cm³/mol. The molecular weight excluding hydrogens is 244 g/mol.